The second-order valence-electron chi connectivity index (χ2n) is 16.2. The van der Waals surface area contributed by atoms with Gasteiger partial charge in [-0.2, -0.15) is 4.31 Å². The van der Waals surface area contributed by atoms with Crippen LogP contribution < -0.4 is 14.4 Å². The normalized spacial score (nSPS) is 22.1. The van der Waals surface area contributed by atoms with E-state index in [0.717, 1.165) is 36.8 Å². The second-order valence-corrected chi connectivity index (χ2v) is 18.2. The van der Waals surface area contributed by atoms with Gasteiger partial charge in [0.1, 0.15) is 25.0 Å². The highest BCUT2D eigenvalue weighted by Crippen LogP contribution is 2.43. The Morgan fingerprint density at radius 3 is 2.38 bits per heavy atom. The topological polar surface area (TPSA) is 169 Å². The Morgan fingerprint density at radius 1 is 0.984 bits per heavy atom. The van der Waals surface area contributed by atoms with E-state index in [1.165, 1.54) is 35.5 Å². The van der Waals surface area contributed by atoms with E-state index in [2.05, 4.69) is 6.58 Å². The number of ether oxygens (including phenoxy) is 8. The van der Waals surface area contributed by atoms with Gasteiger partial charge in [0.15, 0.2) is 24.0 Å². The van der Waals surface area contributed by atoms with Crippen LogP contribution in [-0.2, 0) is 43.2 Å². The molecule has 0 bridgehead atoms. The van der Waals surface area contributed by atoms with Crippen molar-refractivity contribution in [2.24, 2.45) is 0 Å². The molecule has 0 aliphatic carbocycles. The first kappa shape index (κ1) is 46.0. The summed E-state index contributed by atoms with van der Waals surface area (Å²) in [6, 6.07) is 9.01. The number of benzene rings is 2. The van der Waals surface area contributed by atoms with Crippen molar-refractivity contribution >= 4 is 39.3 Å². The van der Waals surface area contributed by atoms with Gasteiger partial charge in [-0.15, -0.1) is 0 Å². The monoisotopic (exact) mass is 869 g/mol. The van der Waals surface area contributed by atoms with E-state index in [1.54, 1.807) is 56.0 Å². The number of fused-ring (bicyclic) bond motifs is 2. The minimum absolute atomic E-state index is 0.0565. The largest absolute Gasteiger partial charge is 0.493 e. The molecule has 4 aliphatic rings. The summed E-state index contributed by atoms with van der Waals surface area (Å²) < 4.78 is 75.4. The van der Waals surface area contributed by atoms with Crippen molar-refractivity contribution in [1.82, 2.24) is 9.21 Å². The molecule has 2 aromatic rings. The van der Waals surface area contributed by atoms with Crippen LogP contribution >= 0.6 is 0 Å². The predicted octanol–water partition coefficient (Wildman–Crippen LogP) is 6.28. The number of methoxy groups -OCH3 is 1. The molecule has 17 heteroatoms. The fraction of sp³-hybridized carbons (Fsp3) is 0.568. The van der Waals surface area contributed by atoms with Gasteiger partial charge in [-0.05, 0) is 95.1 Å². The van der Waals surface area contributed by atoms with Gasteiger partial charge in [0.05, 0.1) is 48.9 Å². The molecule has 2 fully saturated rings. The molecule has 2 aromatic carbocycles. The van der Waals surface area contributed by atoms with Crippen LogP contribution in [0.25, 0.3) is 5.57 Å². The van der Waals surface area contributed by atoms with E-state index in [9.17, 15) is 22.8 Å². The van der Waals surface area contributed by atoms with Crippen molar-refractivity contribution in [2.75, 3.05) is 65.2 Å². The number of hydrogen-bond donors (Lipinski definition) is 0. The maximum Gasteiger partial charge on any atom is 0.416 e. The van der Waals surface area contributed by atoms with Crippen molar-refractivity contribution in [2.45, 2.75) is 107 Å². The molecule has 4 atom stereocenters. The van der Waals surface area contributed by atoms with E-state index in [0.29, 0.717) is 26.1 Å². The van der Waals surface area contributed by atoms with Crippen LogP contribution in [0, 0.1) is 0 Å². The third-order valence-corrected chi connectivity index (χ3v) is 12.6. The van der Waals surface area contributed by atoms with Crippen LogP contribution in [0.5, 0.6) is 11.5 Å². The standard InChI is InChI=1S/C44H59N3O13S/c1-7-21-58-43(50)47-34-29-37(55-26-25-54-24-19-39(48)60-44(2,3)4)36(53-6)28-33(34)41(49)46-20-18-31(27-35(46)42(47)59-40-13-9-11-23-57-40)30-14-16-32(17-15-30)61(51,52)45(5)38-12-8-10-22-56-38/h7,14-18,28-29,35,38,40,42H,1,8-13,19-27H2,2-6H3/t35-,38?,40?,42?/m0/s1. The number of hydrogen-bond acceptors (Lipinski definition) is 13. The van der Waals surface area contributed by atoms with Gasteiger partial charge in [-0.3, -0.25) is 9.59 Å². The number of esters is 1. The van der Waals surface area contributed by atoms with E-state index in [-0.39, 0.29) is 85.3 Å². The highest BCUT2D eigenvalue weighted by Gasteiger charge is 2.47. The van der Waals surface area contributed by atoms with Crippen LogP contribution in [0.2, 0.25) is 0 Å². The van der Waals surface area contributed by atoms with Gasteiger partial charge in [0.25, 0.3) is 5.91 Å². The summed E-state index contributed by atoms with van der Waals surface area (Å²) >= 11 is 0. The van der Waals surface area contributed by atoms with Crippen molar-refractivity contribution in [1.29, 1.82) is 0 Å². The Labute approximate surface area is 358 Å². The molecule has 2 saturated heterocycles. The third kappa shape index (κ3) is 11.3. The molecule has 334 valence electrons. The molecule has 4 heterocycles. The number of nitrogens with zero attached hydrogens (tertiary/aromatic N) is 3. The maximum atomic E-state index is 14.7. The molecule has 0 radical (unpaired) electrons. The summed E-state index contributed by atoms with van der Waals surface area (Å²) in [5.74, 6) is -0.276. The first-order chi connectivity index (χ1) is 29.2. The predicted molar refractivity (Wildman–Crippen MR) is 225 cm³/mol. The zero-order valence-electron chi connectivity index (χ0n) is 35.8. The van der Waals surface area contributed by atoms with Crippen LogP contribution in [0.3, 0.4) is 0 Å². The van der Waals surface area contributed by atoms with Gasteiger partial charge in [0.2, 0.25) is 10.0 Å². The van der Waals surface area contributed by atoms with Crippen molar-refractivity contribution < 1.29 is 60.7 Å². The van der Waals surface area contributed by atoms with Gasteiger partial charge >= 0.3 is 12.1 Å². The maximum absolute atomic E-state index is 14.7. The second kappa shape index (κ2) is 20.6. The summed E-state index contributed by atoms with van der Waals surface area (Å²) in [5.41, 5.74) is 1.32. The van der Waals surface area contributed by atoms with Crippen molar-refractivity contribution in [3.63, 3.8) is 0 Å². The molecule has 0 spiro atoms. The molecule has 0 saturated carbocycles. The Hall–Kier alpha value is -4.52. The number of rotatable bonds is 16. The summed E-state index contributed by atoms with van der Waals surface area (Å²) in [6.07, 6.45) is 5.31. The Bertz CT molecular complexity index is 2000. The fourth-order valence-electron chi connectivity index (χ4n) is 7.70. The molecule has 6 rings (SSSR count). The summed E-state index contributed by atoms with van der Waals surface area (Å²) in [6.45, 7) is 10.4. The van der Waals surface area contributed by atoms with Crippen LogP contribution in [0.4, 0.5) is 10.5 Å². The zero-order chi connectivity index (χ0) is 43.7. The lowest BCUT2D eigenvalue weighted by molar-refractivity contribution is -0.196. The Morgan fingerprint density at radius 2 is 1.72 bits per heavy atom. The van der Waals surface area contributed by atoms with Gasteiger partial charge < -0.3 is 42.8 Å². The van der Waals surface area contributed by atoms with Gasteiger partial charge in [-0.1, -0.05) is 30.9 Å². The quantitative estimate of drug-likeness (QED) is 0.105. The average Bonchev–Trinajstić information content (AvgIpc) is 3.34. The van der Waals surface area contributed by atoms with Gasteiger partial charge in [0, 0.05) is 32.9 Å². The summed E-state index contributed by atoms with van der Waals surface area (Å²) in [5, 5.41) is 0. The van der Waals surface area contributed by atoms with Crippen LogP contribution in [-0.4, -0.2) is 126 Å². The smallest absolute Gasteiger partial charge is 0.416 e. The molecule has 2 amide bonds. The van der Waals surface area contributed by atoms with E-state index >= 15 is 0 Å². The lowest BCUT2D eigenvalue weighted by Gasteiger charge is -2.42. The molecular formula is C44H59N3O13S. The summed E-state index contributed by atoms with van der Waals surface area (Å²) in [7, 11) is -0.844. The molecule has 16 nitrogen and oxygen atoms in total. The minimum atomic E-state index is -3.83. The number of sulfonamides is 1. The van der Waals surface area contributed by atoms with Gasteiger partial charge in [-0.25, -0.2) is 18.1 Å². The number of carbonyl (C=O) groups excluding carboxylic acids is 3. The number of carbonyl (C=O) groups is 3. The first-order valence-electron chi connectivity index (χ1n) is 20.9. The lowest BCUT2D eigenvalue weighted by Crippen LogP contribution is -2.57. The van der Waals surface area contributed by atoms with Crippen molar-refractivity contribution in [3.8, 4) is 11.5 Å². The van der Waals surface area contributed by atoms with Crippen molar-refractivity contribution in [3.05, 3.63) is 66.3 Å². The Balaban J connectivity index is 1.29. The molecule has 0 N–H and O–H groups in total. The molecule has 0 aromatic heterocycles. The van der Waals surface area contributed by atoms with Crippen LogP contribution in [0.1, 0.15) is 88.1 Å². The first-order valence-corrected chi connectivity index (χ1v) is 22.3. The zero-order valence-corrected chi connectivity index (χ0v) is 36.6. The van der Waals surface area contributed by atoms with E-state index in [1.807, 2.05) is 6.08 Å². The number of amides is 2. The highest BCUT2D eigenvalue weighted by molar-refractivity contribution is 7.89. The third-order valence-electron chi connectivity index (χ3n) is 10.7. The molecular weight excluding hydrogens is 811 g/mol. The van der Waals surface area contributed by atoms with Crippen LogP contribution in [0.15, 0.2) is 60.0 Å². The molecule has 61 heavy (non-hydrogen) atoms. The van der Waals surface area contributed by atoms with E-state index in [4.69, 9.17) is 37.9 Å². The average molecular weight is 870 g/mol. The molecule has 4 aliphatic heterocycles. The highest BCUT2D eigenvalue weighted by atomic mass is 32.2. The lowest BCUT2D eigenvalue weighted by atomic mass is 9.92. The fourth-order valence-corrected chi connectivity index (χ4v) is 8.99. The molecule has 3 unspecified atom stereocenters. The summed E-state index contributed by atoms with van der Waals surface area (Å²) in [4.78, 5) is 44.3. The minimum Gasteiger partial charge on any atom is -0.493 e. The SMILES string of the molecule is C=CCOC(=O)N1c2cc(OCCOCCC(=O)OC(C)(C)C)c(OC)cc2C(=O)N2CC=C(c3ccc(S(=O)(=O)N(C)C4CCCCO4)cc3)C[C@H]2C1OC1CCCCO1. The Kier molecular flexibility index (Phi) is 15.5. The number of anilines is 1. The van der Waals surface area contributed by atoms with E-state index < -0.39 is 46.5 Å².